The second-order valence-electron chi connectivity index (χ2n) is 5.20. The predicted molar refractivity (Wildman–Crippen MR) is 92.6 cm³/mol. The van der Waals surface area contributed by atoms with Crippen molar-refractivity contribution in [2.24, 2.45) is 0 Å². The van der Waals surface area contributed by atoms with E-state index in [0.717, 1.165) is 5.56 Å². The van der Waals surface area contributed by atoms with Crippen LogP contribution in [0.25, 0.3) is 11.5 Å². The third kappa shape index (κ3) is 4.60. The molecular formula is C19H18N2O5. The van der Waals surface area contributed by atoms with Gasteiger partial charge in [-0.2, -0.15) is 0 Å². The number of aromatic nitrogens is 2. The topological polar surface area (TPSA) is 83.7 Å². The standard InChI is InChI=1S/C19H18N2O5/c1-2-23-15-10-6-7-11-16(15)24-13-18(22)25-12-17-20-21-19(26-17)14-8-4-3-5-9-14/h3-11H,2,12-13H2,1H3. The first kappa shape index (κ1) is 17.5. The molecule has 3 aromatic rings. The van der Waals surface area contributed by atoms with E-state index in [9.17, 15) is 4.79 Å². The number of benzene rings is 2. The molecule has 0 bridgehead atoms. The van der Waals surface area contributed by atoms with Crippen molar-refractivity contribution in [1.29, 1.82) is 0 Å². The Labute approximate surface area is 150 Å². The van der Waals surface area contributed by atoms with Crippen molar-refractivity contribution < 1.29 is 23.4 Å². The molecule has 1 heterocycles. The first-order valence-electron chi connectivity index (χ1n) is 8.14. The minimum atomic E-state index is -0.546. The van der Waals surface area contributed by atoms with E-state index < -0.39 is 5.97 Å². The number of rotatable bonds is 8. The number of para-hydroxylation sites is 2. The second-order valence-corrected chi connectivity index (χ2v) is 5.20. The molecule has 0 aliphatic carbocycles. The van der Waals surface area contributed by atoms with E-state index in [0.29, 0.717) is 24.0 Å². The second kappa shape index (κ2) is 8.66. The molecule has 0 saturated heterocycles. The third-order valence-corrected chi connectivity index (χ3v) is 3.34. The summed E-state index contributed by atoms with van der Waals surface area (Å²) in [6, 6.07) is 16.5. The summed E-state index contributed by atoms with van der Waals surface area (Å²) in [5, 5.41) is 7.80. The fraction of sp³-hybridized carbons (Fsp3) is 0.211. The highest BCUT2D eigenvalue weighted by Crippen LogP contribution is 2.26. The minimum Gasteiger partial charge on any atom is -0.490 e. The van der Waals surface area contributed by atoms with Crippen LogP contribution in [0.4, 0.5) is 0 Å². The number of esters is 1. The summed E-state index contributed by atoms with van der Waals surface area (Å²) in [6.45, 7) is 2.02. The normalized spacial score (nSPS) is 10.3. The number of nitrogens with zero attached hydrogens (tertiary/aromatic N) is 2. The van der Waals surface area contributed by atoms with E-state index in [-0.39, 0.29) is 19.1 Å². The zero-order chi connectivity index (χ0) is 18.2. The molecular weight excluding hydrogens is 336 g/mol. The smallest absolute Gasteiger partial charge is 0.344 e. The predicted octanol–water partition coefficient (Wildman–Crippen LogP) is 3.26. The van der Waals surface area contributed by atoms with E-state index >= 15 is 0 Å². The molecule has 0 atom stereocenters. The Kier molecular flexibility index (Phi) is 5.82. The maximum absolute atomic E-state index is 11.9. The van der Waals surface area contributed by atoms with Gasteiger partial charge < -0.3 is 18.6 Å². The summed E-state index contributed by atoms with van der Waals surface area (Å²) in [5.41, 5.74) is 0.799. The molecule has 0 radical (unpaired) electrons. The lowest BCUT2D eigenvalue weighted by Gasteiger charge is -2.10. The summed E-state index contributed by atoms with van der Waals surface area (Å²) in [6.07, 6.45) is 0. The summed E-state index contributed by atoms with van der Waals surface area (Å²) in [5.74, 6) is 1.10. The van der Waals surface area contributed by atoms with Gasteiger partial charge in [0.1, 0.15) is 0 Å². The van der Waals surface area contributed by atoms with Gasteiger partial charge in [-0.15, -0.1) is 10.2 Å². The van der Waals surface area contributed by atoms with Crippen LogP contribution in [-0.4, -0.2) is 29.4 Å². The van der Waals surface area contributed by atoms with Crippen molar-refractivity contribution in [2.75, 3.05) is 13.2 Å². The van der Waals surface area contributed by atoms with E-state index in [1.54, 1.807) is 18.2 Å². The maximum Gasteiger partial charge on any atom is 0.344 e. The van der Waals surface area contributed by atoms with Gasteiger partial charge in [-0.3, -0.25) is 0 Å². The first-order valence-corrected chi connectivity index (χ1v) is 8.14. The molecule has 0 aliphatic rings. The van der Waals surface area contributed by atoms with E-state index in [4.69, 9.17) is 18.6 Å². The van der Waals surface area contributed by atoms with Gasteiger partial charge in [0.2, 0.25) is 5.89 Å². The Morgan fingerprint density at radius 3 is 2.38 bits per heavy atom. The van der Waals surface area contributed by atoms with Gasteiger partial charge in [-0.25, -0.2) is 4.79 Å². The molecule has 0 fully saturated rings. The molecule has 1 aromatic heterocycles. The molecule has 7 heteroatoms. The van der Waals surface area contributed by atoms with Crippen LogP contribution in [-0.2, 0) is 16.1 Å². The summed E-state index contributed by atoms with van der Waals surface area (Å²) >= 11 is 0. The highest BCUT2D eigenvalue weighted by atomic mass is 16.6. The molecule has 0 saturated carbocycles. The van der Waals surface area contributed by atoms with Crippen molar-refractivity contribution >= 4 is 5.97 Å². The average Bonchev–Trinajstić information content (AvgIpc) is 3.16. The third-order valence-electron chi connectivity index (χ3n) is 3.34. The molecule has 134 valence electrons. The lowest BCUT2D eigenvalue weighted by molar-refractivity contribution is -0.148. The van der Waals surface area contributed by atoms with Crippen molar-refractivity contribution in [2.45, 2.75) is 13.5 Å². The highest BCUT2D eigenvalue weighted by molar-refractivity contribution is 5.71. The number of hydrogen-bond acceptors (Lipinski definition) is 7. The largest absolute Gasteiger partial charge is 0.490 e. The minimum absolute atomic E-state index is 0.116. The van der Waals surface area contributed by atoms with Crippen LogP contribution in [0.15, 0.2) is 59.0 Å². The molecule has 0 N–H and O–H groups in total. The van der Waals surface area contributed by atoms with Crippen molar-refractivity contribution in [1.82, 2.24) is 10.2 Å². The van der Waals surface area contributed by atoms with Crippen LogP contribution in [0.1, 0.15) is 12.8 Å². The van der Waals surface area contributed by atoms with Gasteiger partial charge in [0.05, 0.1) is 6.61 Å². The van der Waals surface area contributed by atoms with Crippen LogP contribution in [0.2, 0.25) is 0 Å². The molecule has 0 amide bonds. The summed E-state index contributed by atoms with van der Waals surface area (Å²) in [7, 11) is 0. The Bertz CT molecular complexity index is 848. The van der Waals surface area contributed by atoms with Crippen LogP contribution < -0.4 is 9.47 Å². The Hall–Kier alpha value is -3.35. The van der Waals surface area contributed by atoms with Gasteiger partial charge in [-0.05, 0) is 31.2 Å². The quantitative estimate of drug-likeness (QED) is 0.574. The SMILES string of the molecule is CCOc1ccccc1OCC(=O)OCc1nnc(-c2ccccc2)o1. The number of hydrogen-bond donors (Lipinski definition) is 0. The van der Waals surface area contributed by atoms with Crippen molar-refractivity contribution in [3.8, 4) is 23.0 Å². The molecule has 7 nitrogen and oxygen atoms in total. The van der Waals surface area contributed by atoms with Crippen LogP contribution in [0, 0.1) is 0 Å². The Balaban J connectivity index is 1.50. The summed E-state index contributed by atoms with van der Waals surface area (Å²) in [4.78, 5) is 11.9. The zero-order valence-electron chi connectivity index (χ0n) is 14.3. The van der Waals surface area contributed by atoms with Gasteiger partial charge in [0, 0.05) is 5.56 Å². The molecule has 3 rings (SSSR count). The van der Waals surface area contributed by atoms with E-state index in [1.165, 1.54) is 0 Å². The van der Waals surface area contributed by atoms with E-state index in [1.807, 2.05) is 43.3 Å². The lowest BCUT2D eigenvalue weighted by atomic mass is 10.2. The van der Waals surface area contributed by atoms with Gasteiger partial charge in [-0.1, -0.05) is 30.3 Å². The number of ether oxygens (including phenoxy) is 3. The monoisotopic (exact) mass is 354 g/mol. The van der Waals surface area contributed by atoms with Crippen LogP contribution in [0.5, 0.6) is 11.5 Å². The van der Waals surface area contributed by atoms with Crippen molar-refractivity contribution in [3.63, 3.8) is 0 Å². The lowest BCUT2D eigenvalue weighted by Crippen LogP contribution is -2.15. The molecule has 0 unspecified atom stereocenters. The zero-order valence-corrected chi connectivity index (χ0v) is 14.3. The summed E-state index contributed by atoms with van der Waals surface area (Å²) < 4.78 is 21.5. The first-order chi connectivity index (χ1) is 12.8. The maximum atomic E-state index is 11.9. The van der Waals surface area contributed by atoms with Gasteiger partial charge >= 0.3 is 5.97 Å². The Morgan fingerprint density at radius 1 is 0.962 bits per heavy atom. The van der Waals surface area contributed by atoms with Crippen molar-refractivity contribution in [3.05, 3.63) is 60.5 Å². The van der Waals surface area contributed by atoms with Crippen LogP contribution in [0.3, 0.4) is 0 Å². The molecule has 0 spiro atoms. The van der Waals surface area contributed by atoms with E-state index in [2.05, 4.69) is 10.2 Å². The molecule has 0 aliphatic heterocycles. The molecule has 2 aromatic carbocycles. The van der Waals surface area contributed by atoms with Crippen LogP contribution >= 0.6 is 0 Å². The average molecular weight is 354 g/mol. The fourth-order valence-electron chi connectivity index (χ4n) is 2.17. The fourth-order valence-corrected chi connectivity index (χ4v) is 2.17. The highest BCUT2D eigenvalue weighted by Gasteiger charge is 2.12. The molecule has 26 heavy (non-hydrogen) atoms. The number of carbonyl (C=O) groups excluding carboxylic acids is 1. The Morgan fingerprint density at radius 2 is 1.65 bits per heavy atom. The number of carbonyl (C=O) groups is 1. The van der Waals surface area contributed by atoms with Gasteiger partial charge in [0.25, 0.3) is 5.89 Å². The van der Waals surface area contributed by atoms with Gasteiger partial charge in [0.15, 0.2) is 24.7 Å².